The van der Waals surface area contributed by atoms with Crippen LogP contribution in [0.4, 0.5) is 13.2 Å². The maximum Gasteiger partial charge on any atom is 0.416 e. The second-order valence-corrected chi connectivity index (χ2v) is 4.90. The molecule has 0 aliphatic carbocycles. The van der Waals surface area contributed by atoms with Crippen LogP contribution in [0.25, 0.3) is 0 Å². The fourth-order valence-corrected chi connectivity index (χ4v) is 2.17. The monoisotopic (exact) mass is 298 g/mol. The normalized spacial score (nSPS) is 15.5. The number of carbonyl (C=O) groups is 1. The molecule has 0 unspecified atom stereocenters. The van der Waals surface area contributed by atoms with Gasteiger partial charge in [0.15, 0.2) is 0 Å². The van der Waals surface area contributed by atoms with Gasteiger partial charge in [-0.15, -0.1) is 0 Å². The van der Waals surface area contributed by atoms with Gasteiger partial charge in [-0.3, -0.25) is 4.79 Å². The molecule has 0 spiro atoms. The second-order valence-electron chi connectivity index (χ2n) is 4.90. The van der Waals surface area contributed by atoms with Crippen molar-refractivity contribution in [2.24, 2.45) is 0 Å². The average Bonchev–Trinajstić information content (AvgIpc) is 2.47. The Morgan fingerprint density at radius 2 is 2.14 bits per heavy atom. The third-order valence-corrected chi connectivity index (χ3v) is 3.34. The van der Waals surface area contributed by atoms with Crippen molar-refractivity contribution >= 4 is 5.91 Å². The SMILES string of the molecule is O=C(NCCC1=CCNCC1)c1cccc(C(F)(F)F)c1. The fourth-order valence-electron chi connectivity index (χ4n) is 2.17. The van der Waals surface area contributed by atoms with Gasteiger partial charge in [0, 0.05) is 18.7 Å². The number of hydrogen-bond donors (Lipinski definition) is 2. The highest BCUT2D eigenvalue weighted by Gasteiger charge is 2.30. The molecule has 1 heterocycles. The van der Waals surface area contributed by atoms with Crippen molar-refractivity contribution in [1.82, 2.24) is 10.6 Å². The number of nitrogens with one attached hydrogen (secondary N) is 2. The van der Waals surface area contributed by atoms with Crippen molar-refractivity contribution in [2.45, 2.75) is 19.0 Å². The van der Waals surface area contributed by atoms with Crippen LogP contribution in [-0.2, 0) is 6.18 Å². The van der Waals surface area contributed by atoms with E-state index in [1.54, 1.807) is 0 Å². The summed E-state index contributed by atoms with van der Waals surface area (Å²) in [6, 6.07) is 4.46. The van der Waals surface area contributed by atoms with Crippen LogP contribution in [0.15, 0.2) is 35.9 Å². The third kappa shape index (κ3) is 4.60. The summed E-state index contributed by atoms with van der Waals surface area (Å²) < 4.78 is 37.7. The van der Waals surface area contributed by atoms with Crippen LogP contribution in [0.3, 0.4) is 0 Å². The number of carbonyl (C=O) groups excluding carboxylic acids is 1. The van der Waals surface area contributed by atoms with Crippen molar-refractivity contribution in [3.05, 3.63) is 47.0 Å². The molecule has 1 aliphatic rings. The summed E-state index contributed by atoms with van der Waals surface area (Å²) in [5, 5.41) is 5.85. The Hall–Kier alpha value is -1.82. The first-order valence-corrected chi connectivity index (χ1v) is 6.81. The molecule has 0 atom stereocenters. The lowest BCUT2D eigenvalue weighted by molar-refractivity contribution is -0.137. The van der Waals surface area contributed by atoms with E-state index in [-0.39, 0.29) is 5.56 Å². The highest BCUT2D eigenvalue weighted by Crippen LogP contribution is 2.29. The minimum Gasteiger partial charge on any atom is -0.352 e. The first-order chi connectivity index (χ1) is 9.97. The van der Waals surface area contributed by atoms with Crippen molar-refractivity contribution in [1.29, 1.82) is 0 Å². The van der Waals surface area contributed by atoms with Gasteiger partial charge in [0.25, 0.3) is 5.91 Å². The second kappa shape index (κ2) is 6.76. The lowest BCUT2D eigenvalue weighted by Gasteiger charge is -2.14. The minimum atomic E-state index is -4.43. The summed E-state index contributed by atoms with van der Waals surface area (Å²) in [6.07, 6.45) is -0.679. The van der Waals surface area contributed by atoms with E-state index in [1.165, 1.54) is 17.7 Å². The molecule has 1 aromatic rings. The molecular weight excluding hydrogens is 281 g/mol. The highest BCUT2D eigenvalue weighted by molar-refractivity contribution is 5.94. The zero-order chi connectivity index (χ0) is 15.3. The first-order valence-electron chi connectivity index (χ1n) is 6.81. The Morgan fingerprint density at radius 3 is 2.81 bits per heavy atom. The van der Waals surface area contributed by atoms with Gasteiger partial charge in [0.05, 0.1) is 5.56 Å². The molecule has 1 aromatic carbocycles. The summed E-state index contributed by atoms with van der Waals surface area (Å²) in [7, 11) is 0. The number of benzene rings is 1. The summed E-state index contributed by atoms with van der Waals surface area (Å²) in [5.41, 5.74) is 0.485. The van der Waals surface area contributed by atoms with Crippen molar-refractivity contribution < 1.29 is 18.0 Å². The zero-order valence-corrected chi connectivity index (χ0v) is 11.5. The number of rotatable bonds is 4. The molecule has 0 fully saturated rings. The van der Waals surface area contributed by atoms with Crippen LogP contribution in [0.2, 0.25) is 0 Å². The van der Waals surface area contributed by atoms with E-state index in [1.807, 2.05) is 0 Å². The van der Waals surface area contributed by atoms with Gasteiger partial charge in [-0.25, -0.2) is 0 Å². The summed E-state index contributed by atoms with van der Waals surface area (Å²) in [6.45, 7) is 2.19. The molecule has 3 nitrogen and oxygen atoms in total. The Labute approximate surface area is 121 Å². The molecule has 21 heavy (non-hydrogen) atoms. The van der Waals surface area contributed by atoms with Crippen LogP contribution in [0.1, 0.15) is 28.8 Å². The predicted octanol–water partition coefficient (Wildman–Crippen LogP) is 2.75. The molecule has 1 aliphatic heterocycles. The van der Waals surface area contributed by atoms with Crippen LogP contribution in [0.5, 0.6) is 0 Å². The van der Waals surface area contributed by atoms with E-state index >= 15 is 0 Å². The molecule has 2 N–H and O–H groups in total. The van der Waals surface area contributed by atoms with E-state index in [4.69, 9.17) is 0 Å². The van der Waals surface area contributed by atoms with Gasteiger partial charge >= 0.3 is 6.18 Å². The topological polar surface area (TPSA) is 41.1 Å². The first kappa shape index (κ1) is 15.6. The molecule has 0 radical (unpaired) electrons. The van der Waals surface area contributed by atoms with Crippen LogP contribution >= 0.6 is 0 Å². The van der Waals surface area contributed by atoms with E-state index in [2.05, 4.69) is 16.7 Å². The molecular formula is C15H17F3N2O. The molecule has 114 valence electrons. The summed E-state index contributed by atoms with van der Waals surface area (Å²) in [5.74, 6) is -0.476. The van der Waals surface area contributed by atoms with E-state index in [0.29, 0.717) is 6.54 Å². The van der Waals surface area contributed by atoms with E-state index in [0.717, 1.165) is 38.1 Å². The van der Waals surface area contributed by atoms with E-state index in [9.17, 15) is 18.0 Å². The Bertz CT molecular complexity index is 538. The van der Waals surface area contributed by atoms with Crippen molar-refractivity contribution in [3.63, 3.8) is 0 Å². The molecule has 1 amide bonds. The van der Waals surface area contributed by atoms with Gasteiger partial charge in [0.1, 0.15) is 0 Å². The quantitative estimate of drug-likeness (QED) is 0.839. The summed E-state index contributed by atoms with van der Waals surface area (Å²) >= 11 is 0. The smallest absolute Gasteiger partial charge is 0.352 e. The van der Waals surface area contributed by atoms with E-state index < -0.39 is 17.6 Å². The Kier molecular flexibility index (Phi) is 5.01. The van der Waals surface area contributed by atoms with Crippen molar-refractivity contribution in [3.8, 4) is 0 Å². The maximum atomic E-state index is 12.6. The number of halogens is 3. The minimum absolute atomic E-state index is 0.0316. The fraction of sp³-hybridized carbons (Fsp3) is 0.400. The Morgan fingerprint density at radius 1 is 1.33 bits per heavy atom. The molecule has 2 rings (SSSR count). The summed E-state index contributed by atoms with van der Waals surface area (Å²) in [4.78, 5) is 11.9. The molecule has 0 saturated heterocycles. The lowest BCUT2D eigenvalue weighted by atomic mass is 10.1. The van der Waals surface area contributed by atoms with Gasteiger partial charge in [0.2, 0.25) is 0 Å². The lowest BCUT2D eigenvalue weighted by Crippen LogP contribution is -2.26. The predicted molar refractivity (Wildman–Crippen MR) is 74.0 cm³/mol. The third-order valence-electron chi connectivity index (χ3n) is 3.34. The van der Waals surface area contributed by atoms with Gasteiger partial charge in [-0.05, 0) is 37.6 Å². The van der Waals surface area contributed by atoms with Crippen LogP contribution in [0, 0.1) is 0 Å². The van der Waals surface area contributed by atoms with Crippen LogP contribution in [-0.4, -0.2) is 25.5 Å². The largest absolute Gasteiger partial charge is 0.416 e. The van der Waals surface area contributed by atoms with Crippen molar-refractivity contribution in [2.75, 3.05) is 19.6 Å². The van der Waals surface area contributed by atoms with Gasteiger partial charge in [-0.2, -0.15) is 13.2 Å². The number of hydrogen-bond acceptors (Lipinski definition) is 2. The number of amides is 1. The number of alkyl halides is 3. The molecule has 6 heteroatoms. The molecule has 0 saturated carbocycles. The highest BCUT2D eigenvalue weighted by atomic mass is 19.4. The maximum absolute atomic E-state index is 12.6. The Balaban J connectivity index is 1.90. The average molecular weight is 298 g/mol. The standard InChI is InChI=1S/C15H17F3N2O/c16-15(17,18)13-3-1-2-12(10-13)14(21)20-9-6-11-4-7-19-8-5-11/h1-4,10,19H,5-9H2,(H,20,21). The zero-order valence-electron chi connectivity index (χ0n) is 11.5. The van der Waals surface area contributed by atoms with Gasteiger partial charge < -0.3 is 10.6 Å². The molecule has 0 bridgehead atoms. The van der Waals surface area contributed by atoms with Crippen LogP contribution < -0.4 is 10.6 Å². The van der Waals surface area contributed by atoms with Gasteiger partial charge in [-0.1, -0.05) is 17.7 Å². The molecule has 0 aromatic heterocycles.